The topological polar surface area (TPSA) is 3.24 Å². The van der Waals surface area contributed by atoms with E-state index in [-0.39, 0.29) is 5.41 Å². The van der Waals surface area contributed by atoms with Crippen molar-refractivity contribution in [2.24, 2.45) is 5.92 Å². The van der Waals surface area contributed by atoms with Gasteiger partial charge in [0.2, 0.25) is 0 Å². The molecule has 270 valence electrons. The van der Waals surface area contributed by atoms with Gasteiger partial charge in [-0.15, -0.1) is 0 Å². The van der Waals surface area contributed by atoms with Gasteiger partial charge in [-0.1, -0.05) is 156 Å². The van der Waals surface area contributed by atoms with Gasteiger partial charge >= 0.3 is 0 Å². The Kier molecular flexibility index (Phi) is 9.99. The third-order valence-electron chi connectivity index (χ3n) is 11.9. The Hall–Kier alpha value is -5.40. The Bertz CT molecular complexity index is 2300. The number of hydrogen-bond donors (Lipinski definition) is 0. The van der Waals surface area contributed by atoms with Crippen LogP contribution in [0, 0.1) is 5.92 Å². The van der Waals surface area contributed by atoms with E-state index in [0.717, 1.165) is 11.6 Å². The van der Waals surface area contributed by atoms with Gasteiger partial charge in [-0.3, -0.25) is 0 Å². The van der Waals surface area contributed by atoms with Crippen LogP contribution in [0.2, 0.25) is 0 Å². The number of fused-ring (bicyclic) bond motifs is 3. The van der Waals surface area contributed by atoms with Crippen LogP contribution in [-0.4, -0.2) is 0 Å². The molecule has 3 aliphatic carbocycles. The summed E-state index contributed by atoms with van der Waals surface area (Å²) in [7, 11) is 0. The molecule has 6 aromatic carbocycles. The lowest BCUT2D eigenvalue weighted by Crippen LogP contribution is -2.16. The van der Waals surface area contributed by atoms with Gasteiger partial charge in [-0.25, -0.2) is 0 Å². The maximum absolute atomic E-state index is 2.47. The van der Waals surface area contributed by atoms with Crippen molar-refractivity contribution >= 4 is 22.6 Å². The first-order chi connectivity index (χ1) is 26.4. The van der Waals surface area contributed by atoms with Crippen molar-refractivity contribution in [1.29, 1.82) is 0 Å². The molecule has 0 aliphatic heterocycles. The van der Waals surface area contributed by atoms with Crippen molar-refractivity contribution in [1.82, 2.24) is 0 Å². The van der Waals surface area contributed by atoms with Crippen LogP contribution in [0.5, 0.6) is 0 Å². The fourth-order valence-electron chi connectivity index (χ4n) is 9.03. The zero-order valence-electron chi connectivity index (χ0n) is 32.6. The summed E-state index contributed by atoms with van der Waals surface area (Å²) in [5.41, 5.74) is 18.2. The minimum Gasteiger partial charge on any atom is -0.310 e. The van der Waals surface area contributed by atoms with Gasteiger partial charge in [0.05, 0.1) is 0 Å². The monoisotopic (exact) mass is 703 g/mol. The van der Waals surface area contributed by atoms with Crippen molar-refractivity contribution < 1.29 is 0 Å². The highest BCUT2D eigenvalue weighted by molar-refractivity contribution is 5.87. The molecule has 0 amide bonds. The van der Waals surface area contributed by atoms with Gasteiger partial charge in [0.15, 0.2) is 0 Å². The molecule has 54 heavy (non-hydrogen) atoms. The van der Waals surface area contributed by atoms with Crippen LogP contribution in [0.1, 0.15) is 94.9 Å². The number of rotatable bonds is 7. The number of nitrogens with zero attached hydrogens (tertiary/aromatic N) is 1. The second kappa shape index (κ2) is 15.2. The molecule has 0 saturated carbocycles. The number of hydrogen-bond acceptors (Lipinski definition) is 1. The van der Waals surface area contributed by atoms with Gasteiger partial charge in [-0.05, 0) is 136 Å². The van der Waals surface area contributed by atoms with Crippen LogP contribution in [0.4, 0.5) is 17.1 Å². The fourth-order valence-corrected chi connectivity index (χ4v) is 9.03. The predicted molar refractivity (Wildman–Crippen MR) is 233 cm³/mol. The zero-order valence-corrected chi connectivity index (χ0v) is 32.6. The summed E-state index contributed by atoms with van der Waals surface area (Å²) in [5, 5.41) is 0. The normalized spacial score (nSPS) is 17.9. The third kappa shape index (κ3) is 6.66. The SMILES string of the molecule is CC.CC1CC=C(c2ccc(-c3ccc(N(c4ccc(C5C=CCCC5)c(-c5ccccc5)c4)c4ccc5c(c4)C(C)(C)c4ccccc4-5)cc3)cc2)C1. The Morgan fingerprint density at radius 1 is 0.574 bits per heavy atom. The highest BCUT2D eigenvalue weighted by Gasteiger charge is 2.35. The Balaban J connectivity index is 0.00000203. The molecule has 6 aromatic rings. The van der Waals surface area contributed by atoms with Crippen molar-refractivity contribution in [2.45, 2.75) is 78.1 Å². The third-order valence-corrected chi connectivity index (χ3v) is 11.9. The second-order valence-corrected chi connectivity index (χ2v) is 15.7. The zero-order chi connectivity index (χ0) is 37.2. The van der Waals surface area contributed by atoms with E-state index in [0.29, 0.717) is 5.92 Å². The Labute approximate surface area is 323 Å². The van der Waals surface area contributed by atoms with Crippen LogP contribution in [0.25, 0.3) is 39.0 Å². The summed E-state index contributed by atoms with van der Waals surface area (Å²) >= 11 is 0. The van der Waals surface area contributed by atoms with Crippen LogP contribution >= 0.6 is 0 Å². The smallest absolute Gasteiger partial charge is 0.0468 e. The molecule has 0 spiro atoms. The standard InChI is InChI=1S/C51H47N.C2H6/c1-35-18-19-41(32-35)38-22-20-36(21-23-38)37-24-26-42(27-25-37)52(44-29-31-47-46-16-10-11-17-49(46)51(2,3)50(47)34-44)43-28-30-45(39-12-6-4-7-13-39)48(33-43)40-14-8-5-9-15-40;1-2/h5-6,8-12,14-17,19-31,33-35,39H,4,7,13,18,32H2,1-3H3;1-2H3. The van der Waals surface area contributed by atoms with Crippen LogP contribution < -0.4 is 4.90 Å². The summed E-state index contributed by atoms with van der Waals surface area (Å²) < 4.78 is 0. The summed E-state index contributed by atoms with van der Waals surface area (Å²) in [6.45, 7) is 11.1. The first-order valence-electron chi connectivity index (χ1n) is 20.2. The van der Waals surface area contributed by atoms with E-state index in [2.05, 4.69) is 183 Å². The molecule has 0 bridgehead atoms. The van der Waals surface area contributed by atoms with E-state index in [1.54, 1.807) is 0 Å². The van der Waals surface area contributed by atoms with Gasteiger partial charge < -0.3 is 4.90 Å². The summed E-state index contributed by atoms with van der Waals surface area (Å²) in [6, 6.07) is 52.6. The van der Waals surface area contributed by atoms with E-state index in [9.17, 15) is 0 Å². The van der Waals surface area contributed by atoms with Crippen LogP contribution in [0.3, 0.4) is 0 Å². The van der Waals surface area contributed by atoms with Gasteiger partial charge in [0.25, 0.3) is 0 Å². The highest BCUT2D eigenvalue weighted by Crippen LogP contribution is 2.51. The molecule has 1 heteroatoms. The van der Waals surface area contributed by atoms with Crippen molar-refractivity contribution in [2.75, 3.05) is 4.90 Å². The van der Waals surface area contributed by atoms with Gasteiger partial charge in [0.1, 0.15) is 0 Å². The molecule has 1 nitrogen and oxygen atoms in total. The average Bonchev–Trinajstić information content (AvgIpc) is 3.77. The molecular formula is C53H53N. The number of anilines is 3. The molecule has 0 fully saturated rings. The van der Waals surface area contributed by atoms with Crippen LogP contribution in [-0.2, 0) is 5.41 Å². The summed E-state index contributed by atoms with van der Waals surface area (Å²) in [6.07, 6.45) is 13.2. The van der Waals surface area contributed by atoms with E-state index in [1.165, 1.54) is 105 Å². The molecule has 2 atom stereocenters. The van der Waals surface area contributed by atoms with Crippen LogP contribution in [0.15, 0.2) is 158 Å². The predicted octanol–water partition coefficient (Wildman–Crippen LogP) is 15.5. The van der Waals surface area contributed by atoms with E-state index >= 15 is 0 Å². The maximum Gasteiger partial charge on any atom is 0.0468 e. The van der Waals surface area contributed by atoms with Crippen molar-refractivity contribution in [3.05, 3.63) is 180 Å². The molecule has 3 aliphatic rings. The number of allylic oxidation sites excluding steroid dienone is 4. The molecule has 0 saturated heterocycles. The van der Waals surface area contributed by atoms with Crippen molar-refractivity contribution in [3.63, 3.8) is 0 Å². The first kappa shape index (κ1) is 35.6. The van der Waals surface area contributed by atoms with E-state index in [4.69, 9.17) is 0 Å². The van der Waals surface area contributed by atoms with Gasteiger partial charge in [0, 0.05) is 28.4 Å². The maximum atomic E-state index is 2.47. The van der Waals surface area contributed by atoms with Crippen molar-refractivity contribution in [3.8, 4) is 33.4 Å². The summed E-state index contributed by atoms with van der Waals surface area (Å²) in [4.78, 5) is 2.47. The molecule has 0 radical (unpaired) electrons. The molecule has 0 aromatic heterocycles. The minimum atomic E-state index is -0.0808. The minimum absolute atomic E-state index is 0.0808. The van der Waals surface area contributed by atoms with E-state index < -0.39 is 0 Å². The number of benzene rings is 6. The lowest BCUT2D eigenvalue weighted by molar-refractivity contribution is 0.642. The Morgan fingerprint density at radius 3 is 1.91 bits per heavy atom. The largest absolute Gasteiger partial charge is 0.310 e. The molecule has 0 heterocycles. The quantitative estimate of drug-likeness (QED) is 0.150. The highest BCUT2D eigenvalue weighted by atomic mass is 15.1. The molecule has 9 rings (SSSR count). The fraction of sp³-hybridized carbons (Fsp3) is 0.245. The van der Waals surface area contributed by atoms with Gasteiger partial charge in [-0.2, -0.15) is 0 Å². The van der Waals surface area contributed by atoms with E-state index in [1.807, 2.05) is 13.8 Å². The lowest BCUT2D eigenvalue weighted by atomic mass is 9.82. The lowest BCUT2D eigenvalue weighted by Gasteiger charge is -2.30. The molecule has 2 unspecified atom stereocenters. The summed E-state index contributed by atoms with van der Waals surface area (Å²) in [5.74, 6) is 1.19. The average molecular weight is 704 g/mol. The Morgan fingerprint density at radius 2 is 1.20 bits per heavy atom. The molecular weight excluding hydrogens is 651 g/mol. The molecule has 0 N–H and O–H groups in total. The first-order valence-corrected chi connectivity index (χ1v) is 20.2. The second-order valence-electron chi connectivity index (χ2n) is 15.7.